The number of benzene rings is 1. The van der Waals surface area contributed by atoms with Crippen molar-refractivity contribution in [3.05, 3.63) is 28.3 Å². The number of nitrogens with two attached hydrogens (primary N) is 1. The number of rotatable bonds is 10. The average molecular weight is 300 g/mol. The molecule has 2 N–H and O–H groups in total. The first-order valence-electron chi connectivity index (χ1n) is 6.53. The predicted octanol–water partition coefficient (Wildman–Crippen LogP) is 1.40. The Bertz CT molecular complexity index is 454. The molecule has 0 spiro atoms. The molecule has 1 aromatic carbocycles. The molecule has 118 valence electrons. The van der Waals surface area contributed by atoms with Crippen molar-refractivity contribution >= 4 is 0 Å². The van der Waals surface area contributed by atoms with Crippen LogP contribution in [0.5, 0.6) is 17.2 Å². The van der Waals surface area contributed by atoms with E-state index in [1.807, 2.05) is 6.92 Å². The predicted molar refractivity (Wildman–Crippen MR) is 75.2 cm³/mol. The van der Waals surface area contributed by atoms with E-state index in [9.17, 15) is 10.1 Å². The van der Waals surface area contributed by atoms with Crippen molar-refractivity contribution in [1.29, 1.82) is 0 Å². The quantitative estimate of drug-likeness (QED) is 0.395. The molecule has 21 heavy (non-hydrogen) atoms. The smallest absolute Gasteiger partial charge is 0.294 e. The highest BCUT2D eigenvalue weighted by Gasteiger charge is 2.09. The Hall–Kier alpha value is -2.22. The van der Waals surface area contributed by atoms with Gasteiger partial charge in [-0.05, 0) is 18.6 Å². The van der Waals surface area contributed by atoms with Crippen LogP contribution in [0.15, 0.2) is 18.2 Å². The molecule has 8 heteroatoms. The third-order valence-electron chi connectivity index (χ3n) is 2.66. The molecule has 0 heterocycles. The minimum atomic E-state index is -0.863. The van der Waals surface area contributed by atoms with Gasteiger partial charge in [0.05, 0.1) is 7.11 Å². The number of hydrogen-bond acceptors (Lipinski definition) is 7. The van der Waals surface area contributed by atoms with Crippen LogP contribution in [-0.2, 0) is 4.84 Å². The second-order valence-electron chi connectivity index (χ2n) is 4.20. The fourth-order valence-corrected chi connectivity index (χ4v) is 1.45. The topological polar surface area (TPSA) is 106 Å². The SMILES string of the molecule is CCC(N)COc1cc(OCCO[N+](=O)[O-])ccc1OC. The number of ether oxygens (including phenoxy) is 3. The van der Waals surface area contributed by atoms with Crippen LogP contribution in [0.25, 0.3) is 0 Å². The Morgan fingerprint density at radius 2 is 2.05 bits per heavy atom. The van der Waals surface area contributed by atoms with Crippen LogP contribution in [-0.4, -0.2) is 38.1 Å². The Morgan fingerprint density at radius 1 is 1.29 bits per heavy atom. The normalized spacial score (nSPS) is 11.6. The molecule has 1 aromatic rings. The molecule has 0 radical (unpaired) electrons. The third-order valence-corrected chi connectivity index (χ3v) is 2.66. The molecule has 0 aromatic heterocycles. The van der Waals surface area contributed by atoms with Gasteiger partial charge in [-0.15, -0.1) is 10.1 Å². The summed E-state index contributed by atoms with van der Waals surface area (Å²) in [6, 6.07) is 4.95. The average Bonchev–Trinajstić information content (AvgIpc) is 2.49. The van der Waals surface area contributed by atoms with Gasteiger partial charge in [-0.1, -0.05) is 6.92 Å². The maximum Gasteiger partial charge on any atom is 0.294 e. The van der Waals surface area contributed by atoms with Crippen LogP contribution in [0.2, 0.25) is 0 Å². The Kier molecular flexibility index (Phi) is 7.10. The highest BCUT2D eigenvalue weighted by Crippen LogP contribution is 2.31. The molecule has 0 bridgehead atoms. The minimum Gasteiger partial charge on any atom is -0.493 e. The summed E-state index contributed by atoms with van der Waals surface area (Å²) < 4.78 is 16.1. The Labute approximate surface area is 122 Å². The highest BCUT2D eigenvalue weighted by atomic mass is 17.0. The fourth-order valence-electron chi connectivity index (χ4n) is 1.45. The number of methoxy groups -OCH3 is 1. The first kappa shape index (κ1) is 16.8. The molecule has 1 rings (SSSR count). The Morgan fingerprint density at radius 3 is 2.67 bits per heavy atom. The molecule has 0 fully saturated rings. The van der Waals surface area contributed by atoms with Crippen molar-refractivity contribution in [3.63, 3.8) is 0 Å². The summed E-state index contributed by atoms with van der Waals surface area (Å²) in [6.45, 7) is 2.25. The summed E-state index contributed by atoms with van der Waals surface area (Å²) in [5, 5.41) is 9.14. The van der Waals surface area contributed by atoms with Gasteiger partial charge in [0.15, 0.2) is 11.5 Å². The van der Waals surface area contributed by atoms with Crippen molar-refractivity contribution in [2.75, 3.05) is 26.9 Å². The van der Waals surface area contributed by atoms with Gasteiger partial charge < -0.3 is 24.8 Å². The van der Waals surface area contributed by atoms with E-state index in [-0.39, 0.29) is 19.3 Å². The van der Waals surface area contributed by atoms with Crippen LogP contribution in [0.1, 0.15) is 13.3 Å². The molecule has 0 aliphatic heterocycles. The van der Waals surface area contributed by atoms with E-state index in [4.69, 9.17) is 19.9 Å². The molecule has 0 saturated heterocycles. The van der Waals surface area contributed by atoms with Crippen molar-refractivity contribution in [1.82, 2.24) is 0 Å². The molecular formula is C13H20N2O6. The van der Waals surface area contributed by atoms with Crippen molar-refractivity contribution < 1.29 is 24.1 Å². The van der Waals surface area contributed by atoms with E-state index in [2.05, 4.69) is 4.84 Å². The standard InChI is InChI=1S/C13H20N2O6/c1-3-10(14)9-20-13-8-11(4-5-12(13)18-2)19-6-7-21-15(16)17/h4-5,8,10H,3,6-7,9,14H2,1-2H3. The molecule has 1 atom stereocenters. The number of nitrogens with zero attached hydrogens (tertiary/aromatic N) is 1. The van der Waals surface area contributed by atoms with Crippen molar-refractivity contribution in [2.24, 2.45) is 5.73 Å². The fraction of sp³-hybridized carbons (Fsp3) is 0.538. The molecular weight excluding hydrogens is 280 g/mol. The maximum absolute atomic E-state index is 10.0. The van der Waals surface area contributed by atoms with Crippen LogP contribution < -0.4 is 19.9 Å². The first-order chi connectivity index (χ1) is 10.1. The van der Waals surface area contributed by atoms with Gasteiger partial charge in [-0.3, -0.25) is 0 Å². The lowest BCUT2D eigenvalue weighted by Crippen LogP contribution is -2.26. The van der Waals surface area contributed by atoms with Crippen LogP contribution in [0, 0.1) is 10.1 Å². The van der Waals surface area contributed by atoms with Crippen molar-refractivity contribution in [2.45, 2.75) is 19.4 Å². The van der Waals surface area contributed by atoms with E-state index < -0.39 is 5.09 Å². The summed E-state index contributed by atoms with van der Waals surface area (Å²) in [6.07, 6.45) is 0.802. The largest absolute Gasteiger partial charge is 0.493 e. The lowest BCUT2D eigenvalue weighted by atomic mass is 10.2. The zero-order valence-electron chi connectivity index (χ0n) is 12.1. The summed E-state index contributed by atoms with van der Waals surface area (Å²) >= 11 is 0. The zero-order chi connectivity index (χ0) is 15.7. The monoisotopic (exact) mass is 300 g/mol. The zero-order valence-corrected chi connectivity index (χ0v) is 12.1. The second kappa shape index (κ2) is 8.85. The Balaban J connectivity index is 2.59. The van der Waals surface area contributed by atoms with E-state index in [0.717, 1.165) is 6.42 Å². The summed E-state index contributed by atoms with van der Waals surface area (Å²) in [7, 11) is 1.54. The minimum absolute atomic E-state index is 0.0568. The molecule has 1 unspecified atom stereocenters. The van der Waals surface area contributed by atoms with E-state index in [1.54, 1.807) is 18.2 Å². The van der Waals surface area contributed by atoms with Crippen LogP contribution >= 0.6 is 0 Å². The molecule has 0 aliphatic carbocycles. The lowest BCUT2D eigenvalue weighted by Gasteiger charge is -2.15. The first-order valence-corrected chi connectivity index (χ1v) is 6.53. The van der Waals surface area contributed by atoms with Gasteiger partial charge in [0.2, 0.25) is 0 Å². The van der Waals surface area contributed by atoms with E-state index >= 15 is 0 Å². The maximum atomic E-state index is 10.0. The molecule has 0 aliphatic rings. The second-order valence-corrected chi connectivity index (χ2v) is 4.20. The van der Waals surface area contributed by atoms with Gasteiger partial charge in [-0.2, -0.15) is 0 Å². The van der Waals surface area contributed by atoms with Crippen molar-refractivity contribution in [3.8, 4) is 17.2 Å². The van der Waals surface area contributed by atoms with Gasteiger partial charge in [0, 0.05) is 12.1 Å². The van der Waals surface area contributed by atoms with Gasteiger partial charge in [-0.25, -0.2) is 0 Å². The third kappa shape index (κ3) is 6.17. The van der Waals surface area contributed by atoms with E-state index in [0.29, 0.717) is 23.9 Å². The summed E-state index contributed by atoms with van der Waals surface area (Å²) in [4.78, 5) is 14.2. The van der Waals surface area contributed by atoms with Gasteiger partial charge >= 0.3 is 0 Å². The van der Waals surface area contributed by atoms with Gasteiger partial charge in [0.25, 0.3) is 5.09 Å². The van der Waals surface area contributed by atoms with E-state index in [1.165, 1.54) is 7.11 Å². The summed E-state index contributed by atoms with van der Waals surface area (Å²) in [5.41, 5.74) is 5.80. The molecule has 8 nitrogen and oxygen atoms in total. The number of hydrogen-bond donors (Lipinski definition) is 1. The lowest BCUT2D eigenvalue weighted by molar-refractivity contribution is -0.757. The highest BCUT2D eigenvalue weighted by molar-refractivity contribution is 5.45. The summed E-state index contributed by atoms with van der Waals surface area (Å²) in [5.74, 6) is 1.57. The molecule has 0 amide bonds. The molecule has 0 saturated carbocycles. The van der Waals surface area contributed by atoms with Gasteiger partial charge in [0.1, 0.15) is 25.6 Å². The van der Waals surface area contributed by atoms with Crippen LogP contribution in [0.3, 0.4) is 0 Å². The van der Waals surface area contributed by atoms with Crippen LogP contribution in [0.4, 0.5) is 0 Å².